The van der Waals surface area contributed by atoms with Crippen LogP contribution < -0.4 is 10.2 Å². The largest absolute Gasteiger partial charge is 0.378 e. The molecule has 0 amide bonds. The molecule has 1 aliphatic rings. The number of hydrogen-bond acceptors (Lipinski definition) is 6. The Morgan fingerprint density at radius 2 is 2.05 bits per heavy atom. The van der Waals surface area contributed by atoms with Crippen LogP contribution in [0.3, 0.4) is 0 Å². The number of hydrogen-bond donors (Lipinski definition) is 2. The second-order valence-corrected chi connectivity index (χ2v) is 4.83. The molecule has 2 aromatic heterocycles. The van der Waals surface area contributed by atoms with Crippen molar-refractivity contribution in [2.45, 2.75) is 13.8 Å². The summed E-state index contributed by atoms with van der Waals surface area (Å²) in [5, 5.41) is 10.3. The highest BCUT2D eigenvalue weighted by Gasteiger charge is 2.17. The van der Waals surface area contributed by atoms with Gasteiger partial charge in [0.15, 0.2) is 5.82 Å². The number of aromatic nitrogens is 4. The van der Waals surface area contributed by atoms with Gasteiger partial charge in [-0.3, -0.25) is 5.10 Å². The van der Waals surface area contributed by atoms with E-state index in [2.05, 4.69) is 30.4 Å². The number of anilines is 3. The summed E-state index contributed by atoms with van der Waals surface area (Å²) in [5.41, 5.74) is 2.03. The summed E-state index contributed by atoms with van der Waals surface area (Å²) in [7, 11) is 0. The maximum atomic E-state index is 5.37. The normalized spacial score (nSPS) is 15.4. The predicted octanol–water partition coefficient (Wildman–Crippen LogP) is 1.40. The van der Waals surface area contributed by atoms with Crippen molar-refractivity contribution in [2.24, 2.45) is 0 Å². The highest BCUT2D eigenvalue weighted by Crippen LogP contribution is 2.24. The van der Waals surface area contributed by atoms with Crippen LogP contribution in [-0.4, -0.2) is 46.5 Å². The van der Waals surface area contributed by atoms with Gasteiger partial charge in [0.2, 0.25) is 0 Å². The minimum Gasteiger partial charge on any atom is -0.378 e. The fourth-order valence-electron chi connectivity index (χ4n) is 2.26. The molecule has 7 heteroatoms. The summed E-state index contributed by atoms with van der Waals surface area (Å²) >= 11 is 0. The van der Waals surface area contributed by atoms with Crippen molar-refractivity contribution in [2.75, 3.05) is 36.5 Å². The van der Waals surface area contributed by atoms with Crippen LogP contribution in [0.25, 0.3) is 0 Å². The smallest absolute Gasteiger partial charge is 0.153 e. The third-order valence-corrected chi connectivity index (χ3v) is 3.32. The summed E-state index contributed by atoms with van der Waals surface area (Å²) in [6.45, 7) is 7.18. The van der Waals surface area contributed by atoms with Gasteiger partial charge in [-0.25, -0.2) is 9.97 Å². The van der Waals surface area contributed by atoms with E-state index in [1.165, 1.54) is 0 Å². The lowest BCUT2D eigenvalue weighted by molar-refractivity contribution is 0.122. The molecule has 20 heavy (non-hydrogen) atoms. The van der Waals surface area contributed by atoms with Gasteiger partial charge in [-0.05, 0) is 13.8 Å². The zero-order chi connectivity index (χ0) is 13.9. The summed E-state index contributed by atoms with van der Waals surface area (Å²) in [4.78, 5) is 10.9. The van der Waals surface area contributed by atoms with Gasteiger partial charge >= 0.3 is 0 Å². The molecule has 1 aliphatic heterocycles. The number of rotatable bonds is 3. The van der Waals surface area contributed by atoms with Crippen LogP contribution in [0.5, 0.6) is 0 Å². The van der Waals surface area contributed by atoms with Gasteiger partial charge in [-0.2, -0.15) is 5.10 Å². The van der Waals surface area contributed by atoms with Crippen LogP contribution in [0.1, 0.15) is 11.3 Å². The van der Waals surface area contributed by atoms with Crippen molar-refractivity contribution in [3.63, 3.8) is 0 Å². The van der Waals surface area contributed by atoms with Gasteiger partial charge in [0.25, 0.3) is 0 Å². The van der Waals surface area contributed by atoms with Crippen LogP contribution >= 0.6 is 0 Å². The first-order chi connectivity index (χ1) is 9.74. The molecular formula is C13H18N6O. The van der Waals surface area contributed by atoms with Gasteiger partial charge in [0, 0.05) is 30.4 Å². The molecule has 0 spiro atoms. The molecule has 0 unspecified atom stereocenters. The second-order valence-electron chi connectivity index (χ2n) is 4.83. The summed E-state index contributed by atoms with van der Waals surface area (Å²) in [6, 6.07) is 1.94. The van der Waals surface area contributed by atoms with Crippen LogP contribution in [0.15, 0.2) is 12.4 Å². The Morgan fingerprint density at radius 3 is 2.75 bits per heavy atom. The molecule has 0 aromatic carbocycles. The number of aromatic amines is 1. The minimum atomic E-state index is 0.741. The molecule has 2 N–H and O–H groups in total. The quantitative estimate of drug-likeness (QED) is 0.880. The van der Waals surface area contributed by atoms with E-state index in [1.54, 1.807) is 6.33 Å². The summed E-state index contributed by atoms with van der Waals surface area (Å²) < 4.78 is 5.37. The van der Waals surface area contributed by atoms with Crippen molar-refractivity contribution in [1.82, 2.24) is 20.2 Å². The molecule has 3 rings (SSSR count). The molecule has 1 fully saturated rings. The fourth-order valence-corrected chi connectivity index (χ4v) is 2.26. The van der Waals surface area contributed by atoms with Gasteiger partial charge < -0.3 is 15.0 Å². The van der Waals surface area contributed by atoms with Crippen LogP contribution in [0.4, 0.5) is 17.5 Å². The molecule has 0 saturated carbocycles. The van der Waals surface area contributed by atoms with Crippen LogP contribution in [-0.2, 0) is 4.74 Å². The number of ether oxygens (including phenoxy) is 1. The molecule has 0 radical (unpaired) electrons. The Balaban J connectivity index is 1.84. The van der Waals surface area contributed by atoms with E-state index < -0.39 is 0 Å². The second kappa shape index (κ2) is 5.46. The molecule has 3 heterocycles. The number of aryl methyl sites for hydroxylation is 1. The number of morpholine rings is 1. The SMILES string of the molecule is Cc1cc(Nc2ncnc(N3CCOCC3)c2C)n[nH]1. The molecule has 106 valence electrons. The van der Waals surface area contributed by atoms with Crippen LogP contribution in [0, 0.1) is 13.8 Å². The summed E-state index contributed by atoms with van der Waals surface area (Å²) in [6.07, 6.45) is 1.58. The van der Waals surface area contributed by atoms with E-state index in [0.717, 1.165) is 55.0 Å². The molecule has 7 nitrogen and oxygen atoms in total. The Morgan fingerprint density at radius 1 is 1.25 bits per heavy atom. The van der Waals surface area contributed by atoms with Crippen molar-refractivity contribution in [3.05, 3.63) is 23.7 Å². The number of nitrogens with one attached hydrogen (secondary N) is 2. The molecule has 0 atom stereocenters. The van der Waals surface area contributed by atoms with Crippen molar-refractivity contribution in [3.8, 4) is 0 Å². The Labute approximate surface area is 117 Å². The van der Waals surface area contributed by atoms with E-state index in [-0.39, 0.29) is 0 Å². The lowest BCUT2D eigenvalue weighted by atomic mass is 10.2. The summed E-state index contributed by atoms with van der Waals surface area (Å²) in [5.74, 6) is 2.50. The van der Waals surface area contributed by atoms with E-state index in [9.17, 15) is 0 Å². The Hall–Kier alpha value is -2.15. The first-order valence-corrected chi connectivity index (χ1v) is 6.67. The van der Waals surface area contributed by atoms with E-state index >= 15 is 0 Å². The maximum absolute atomic E-state index is 5.37. The molecule has 2 aromatic rings. The van der Waals surface area contributed by atoms with Crippen LogP contribution in [0.2, 0.25) is 0 Å². The monoisotopic (exact) mass is 274 g/mol. The highest BCUT2D eigenvalue weighted by molar-refractivity contribution is 5.63. The van der Waals surface area contributed by atoms with E-state index in [0.29, 0.717) is 0 Å². The third kappa shape index (κ3) is 2.57. The van der Waals surface area contributed by atoms with E-state index in [1.807, 2.05) is 19.9 Å². The minimum absolute atomic E-state index is 0.741. The maximum Gasteiger partial charge on any atom is 0.153 e. The van der Waals surface area contributed by atoms with Gasteiger partial charge in [0.05, 0.1) is 13.2 Å². The predicted molar refractivity (Wildman–Crippen MR) is 76.4 cm³/mol. The van der Waals surface area contributed by atoms with Gasteiger partial charge in [-0.15, -0.1) is 0 Å². The van der Waals surface area contributed by atoms with Crippen molar-refractivity contribution < 1.29 is 4.74 Å². The van der Waals surface area contributed by atoms with E-state index in [4.69, 9.17) is 4.74 Å². The Bertz CT molecular complexity index is 590. The number of nitrogens with zero attached hydrogens (tertiary/aromatic N) is 4. The van der Waals surface area contributed by atoms with Gasteiger partial charge in [0.1, 0.15) is 18.0 Å². The number of H-pyrrole nitrogens is 1. The molecule has 0 aliphatic carbocycles. The fraction of sp³-hybridized carbons (Fsp3) is 0.462. The highest BCUT2D eigenvalue weighted by atomic mass is 16.5. The average molecular weight is 274 g/mol. The molecule has 0 bridgehead atoms. The standard InChI is InChI=1S/C13H18N6O/c1-9-7-11(18-17-9)16-12-10(2)13(15-8-14-12)19-3-5-20-6-4-19/h7-8H,3-6H2,1-2H3,(H2,14,15,16,17,18). The lowest BCUT2D eigenvalue weighted by Crippen LogP contribution is -2.37. The van der Waals surface area contributed by atoms with Crippen molar-refractivity contribution >= 4 is 17.5 Å². The topological polar surface area (TPSA) is 79.0 Å². The molecular weight excluding hydrogens is 256 g/mol. The molecule has 1 saturated heterocycles. The first-order valence-electron chi connectivity index (χ1n) is 6.67. The Kier molecular flexibility index (Phi) is 3.51. The zero-order valence-electron chi connectivity index (χ0n) is 11.7. The average Bonchev–Trinajstić information content (AvgIpc) is 2.87. The first kappa shape index (κ1) is 12.9. The lowest BCUT2D eigenvalue weighted by Gasteiger charge is -2.29. The third-order valence-electron chi connectivity index (χ3n) is 3.32. The zero-order valence-corrected chi connectivity index (χ0v) is 11.7. The van der Waals surface area contributed by atoms with Crippen molar-refractivity contribution in [1.29, 1.82) is 0 Å². The van der Waals surface area contributed by atoms with Gasteiger partial charge in [-0.1, -0.05) is 0 Å².